The number of rotatable bonds is 9. The highest BCUT2D eigenvalue weighted by molar-refractivity contribution is 9.10. The fraction of sp³-hybridized carbons (Fsp3) is 0.238. The van der Waals surface area contributed by atoms with Gasteiger partial charge in [-0.3, -0.25) is 9.59 Å². The average Bonchev–Trinajstić information content (AvgIpc) is 3.15. The summed E-state index contributed by atoms with van der Waals surface area (Å²) in [5.74, 6) is 0.929. The van der Waals surface area contributed by atoms with Crippen molar-refractivity contribution in [3.63, 3.8) is 0 Å². The van der Waals surface area contributed by atoms with E-state index >= 15 is 0 Å². The van der Waals surface area contributed by atoms with Crippen LogP contribution >= 0.6 is 27.7 Å². The number of para-hydroxylation sites is 2. The van der Waals surface area contributed by atoms with Gasteiger partial charge in [0, 0.05) is 16.7 Å². The molecule has 0 aliphatic rings. The summed E-state index contributed by atoms with van der Waals surface area (Å²) in [7, 11) is 1.55. The standard InChI is InChI=1S/C21H22BrN5O3S/c1-3-27-18(12-19(28)24-16-6-4-5-7-17(16)30-2)25-26-21(27)31-13-20(29)23-15-10-8-14(22)9-11-15/h4-11H,3,12-13H2,1-2H3,(H,23,29)(H,24,28). The molecule has 0 aliphatic carbocycles. The topological polar surface area (TPSA) is 98.1 Å². The monoisotopic (exact) mass is 503 g/mol. The third-order valence-corrected chi connectivity index (χ3v) is 5.77. The highest BCUT2D eigenvalue weighted by atomic mass is 79.9. The molecule has 3 rings (SSSR count). The highest BCUT2D eigenvalue weighted by Crippen LogP contribution is 2.23. The van der Waals surface area contributed by atoms with Gasteiger partial charge >= 0.3 is 0 Å². The number of methoxy groups -OCH3 is 1. The molecular formula is C21H22BrN5O3S. The van der Waals surface area contributed by atoms with Crippen LogP contribution in [0.5, 0.6) is 5.75 Å². The lowest BCUT2D eigenvalue weighted by Crippen LogP contribution is -2.18. The normalized spacial score (nSPS) is 10.5. The van der Waals surface area contributed by atoms with E-state index in [1.807, 2.05) is 47.9 Å². The molecule has 0 spiro atoms. The third-order valence-electron chi connectivity index (χ3n) is 4.27. The molecule has 0 saturated carbocycles. The summed E-state index contributed by atoms with van der Waals surface area (Å²) in [5.41, 5.74) is 1.32. The van der Waals surface area contributed by atoms with Crippen LogP contribution in [0.4, 0.5) is 11.4 Å². The van der Waals surface area contributed by atoms with Crippen LogP contribution in [0.15, 0.2) is 58.2 Å². The molecule has 8 nitrogen and oxygen atoms in total. The Morgan fingerprint density at radius 3 is 2.52 bits per heavy atom. The zero-order chi connectivity index (χ0) is 22.2. The molecule has 1 aromatic heterocycles. The van der Waals surface area contributed by atoms with Crippen LogP contribution in [-0.2, 0) is 22.6 Å². The van der Waals surface area contributed by atoms with E-state index in [4.69, 9.17) is 4.74 Å². The van der Waals surface area contributed by atoms with Crippen molar-refractivity contribution in [1.82, 2.24) is 14.8 Å². The maximum absolute atomic E-state index is 12.5. The quantitative estimate of drug-likeness (QED) is 0.428. The van der Waals surface area contributed by atoms with Crippen LogP contribution in [0.25, 0.3) is 0 Å². The average molecular weight is 504 g/mol. The Bertz CT molecular complexity index is 1060. The van der Waals surface area contributed by atoms with E-state index in [1.165, 1.54) is 11.8 Å². The van der Waals surface area contributed by atoms with E-state index in [0.717, 1.165) is 10.2 Å². The first-order valence-corrected chi connectivity index (χ1v) is 11.3. The molecule has 2 aromatic carbocycles. The maximum atomic E-state index is 12.5. The number of hydrogen-bond acceptors (Lipinski definition) is 6. The second-order valence-corrected chi connectivity index (χ2v) is 8.27. The van der Waals surface area contributed by atoms with E-state index in [9.17, 15) is 9.59 Å². The van der Waals surface area contributed by atoms with Crippen LogP contribution in [0, 0.1) is 0 Å². The Morgan fingerprint density at radius 1 is 1.06 bits per heavy atom. The number of carbonyl (C=O) groups is 2. The minimum atomic E-state index is -0.226. The van der Waals surface area contributed by atoms with Crippen molar-refractivity contribution >= 4 is 50.9 Å². The minimum Gasteiger partial charge on any atom is -0.495 e. The first kappa shape index (κ1) is 22.8. The first-order valence-electron chi connectivity index (χ1n) is 9.53. The molecule has 3 aromatic rings. The Balaban J connectivity index is 1.59. The predicted molar refractivity (Wildman–Crippen MR) is 125 cm³/mol. The van der Waals surface area contributed by atoms with Crippen LogP contribution in [-0.4, -0.2) is 39.4 Å². The largest absolute Gasteiger partial charge is 0.495 e. The predicted octanol–water partition coefficient (Wildman–Crippen LogP) is 3.98. The smallest absolute Gasteiger partial charge is 0.234 e. The summed E-state index contributed by atoms with van der Waals surface area (Å²) in [6.07, 6.45) is 0.0601. The molecule has 31 heavy (non-hydrogen) atoms. The van der Waals surface area contributed by atoms with Gasteiger partial charge in [0.15, 0.2) is 5.16 Å². The highest BCUT2D eigenvalue weighted by Gasteiger charge is 2.17. The third kappa shape index (κ3) is 6.31. The number of ether oxygens (including phenoxy) is 1. The molecule has 0 aliphatic heterocycles. The van der Waals surface area contributed by atoms with Crippen molar-refractivity contribution in [3.05, 3.63) is 58.8 Å². The summed E-state index contributed by atoms with van der Waals surface area (Å²) in [5, 5.41) is 14.6. The number of nitrogens with zero attached hydrogens (tertiary/aromatic N) is 3. The number of thioether (sulfide) groups is 1. The van der Waals surface area contributed by atoms with Crippen molar-refractivity contribution in [2.75, 3.05) is 23.5 Å². The molecule has 1 heterocycles. The van der Waals surface area contributed by atoms with E-state index in [1.54, 1.807) is 19.2 Å². The molecule has 10 heteroatoms. The molecule has 0 unspecified atom stereocenters. The van der Waals surface area contributed by atoms with Gasteiger partial charge in [-0.25, -0.2) is 0 Å². The van der Waals surface area contributed by atoms with Crippen LogP contribution < -0.4 is 15.4 Å². The fourth-order valence-corrected chi connectivity index (χ4v) is 3.91. The Kier molecular flexibility index (Phi) is 8.07. The summed E-state index contributed by atoms with van der Waals surface area (Å²) in [6.45, 7) is 2.53. The number of hydrogen-bond donors (Lipinski definition) is 2. The lowest BCUT2D eigenvalue weighted by atomic mass is 10.2. The first-order chi connectivity index (χ1) is 15.0. The van der Waals surface area contributed by atoms with E-state index in [-0.39, 0.29) is 24.0 Å². The number of carbonyl (C=O) groups excluding carboxylic acids is 2. The Hall–Kier alpha value is -2.85. The van der Waals surface area contributed by atoms with Gasteiger partial charge in [-0.2, -0.15) is 0 Å². The molecule has 0 fully saturated rings. The lowest BCUT2D eigenvalue weighted by molar-refractivity contribution is -0.116. The molecule has 2 amide bonds. The molecule has 162 valence electrons. The maximum Gasteiger partial charge on any atom is 0.234 e. The summed E-state index contributed by atoms with van der Waals surface area (Å²) >= 11 is 4.64. The second-order valence-electron chi connectivity index (χ2n) is 6.41. The van der Waals surface area contributed by atoms with Crippen LogP contribution in [0.1, 0.15) is 12.7 Å². The minimum absolute atomic E-state index is 0.0601. The van der Waals surface area contributed by atoms with Gasteiger partial charge in [0.05, 0.1) is 25.0 Å². The summed E-state index contributed by atoms with van der Waals surface area (Å²) in [6, 6.07) is 14.6. The number of anilines is 2. The molecular weight excluding hydrogens is 482 g/mol. The van der Waals surface area contributed by atoms with Crippen LogP contribution in [0.3, 0.4) is 0 Å². The van der Waals surface area contributed by atoms with E-state index in [0.29, 0.717) is 29.0 Å². The number of halogens is 1. The Morgan fingerprint density at radius 2 is 1.81 bits per heavy atom. The van der Waals surface area contributed by atoms with Crippen molar-refractivity contribution < 1.29 is 14.3 Å². The van der Waals surface area contributed by atoms with Gasteiger partial charge in [0.2, 0.25) is 11.8 Å². The van der Waals surface area contributed by atoms with Gasteiger partial charge in [0.25, 0.3) is 0 Å². The van der Waals surface area contributed by atoms with E-state index < -0.39 is 0 Å². The van der Waals surface area contributed by atoms with Gasteiger partial charge < -0.3 is 19.9 Å². The fourth-order valence-electron chi connectivity index (χ4n) is 2.82. The molecule has 0 radical (unpaired) electrons. The van der Waals surface area contributed by atoms with Crippen molar-refractivity contribution in [1.29, 1.82) is 0 Å². The van der Waals surface area contributed by atoms with Crippen molar-refractivity contribution in [3.8, 4) is 5.75 Å². The zero-order valence-corrected chi connectivity index (χ0v) is 19.5. The summed E-state index contributed by atoms with van der Waals surface area (Å²) in [4.78, 5) is 24.7. The van der Waals surface area contributed by atoms with Gasteiger partial charge in [0.1, 0.15) is 11.6 Å². The molecule has 0 bridgehead atoms. The number of nitrogens with one attached hydrogen (secondary N) is 2. The van der Waals surface area contributed by atoms with Gasteiger partial charge in [-0.15, -0.1) is 10.2 Å². The second kappa shape index (κ2) is 11.0. The molecule has 2 N–H and O–H groups in total. The van der Waals surface area contributed by atoms with Crippen molar-refractivity contribution in [2.24, 2.45) is 0 Å². The van der Waals surface area contributed by atoms with Crippen LogP contribution in [0.2, 0.25) is 0 Å². The van der Waals surface area contributed by atoms with Crippen molar-refractivity contribution in [2.45, 2.75) is 25.0 Å². The number of benzene rings is 2. The number of amides is 2. The number of aromatic nitrogens is 3. The zero-order valence-electron chi connectivity index (χ0n) is 17.1. The lowest BCUT2D eigenvalue weighted by Gasteiger charge is -2.10. The molecule has 0 atom stereocenters. The molecule has 0 saturated heterocycles. The summed E-state index contributed by atoms with van der Waals surface area (Å²) < 4.78 is 8.03. The van der Waals surface area contributed by atoms with E-state index in [2.05, 4.69) is 36.8 Å². The van der Waals surface area contributed by atoms with Gasteiger partial charge in [-0.05, 0) is 43.3 Å². The SMILES string of the molecule is CCn1c(CC(=O)Nc2ccccc2OC)nnc1SCC(=O)Nc1ccc(Br)cc1. The Labute approximate surface area is 192 Å². The van der Waals surface area contributed by atoms with Gasteiger partial charge in [-0.1, -0.05) is 39.8 Å².